The average molecular weight is 441 g/mol. The van der Waals surface area contributed by atoms with E-state index in [-0.39, 0.29) is 29.4 Å². The highest BCUT2D eigenvalue weighted by atomic mass is 19.4. The van der Waals surface area contributed by atoms with Crippen LogP contribution in [0.1, 0.15) is 74.1 Å². The molecule has 1 aliphatic heterocycles. The van der Waals surface area contributed by atoms with Crippen LogP contribution in [0, 0.1) is 0 Å². The molecule has 2 aromatic rings. The lowest BCUT2D eigenvalue weighted by atomic mass is 9.73. The minimum Gasteiger partial charge on any atom is -0.329 e. The Morgan fingerprint density at radius 1 is 0.781 bits per heavy atom. The molecule has 4 rings (SSSR count). The number of alkyl halides is 3. The Balaban J connectivity index is 1.63. The Kier molecular flexibility index (Phi) is 5.51. The van der Waals surface area contributed by atoms with Crippen LogP contribution in [0.5, 0.6) is 0 Å². The van der Waals surface area contributed by atoms with Crippen LogP contribution in [0.3, 0.4) is 0 Å². The first-order valence-electron chi connectivity index (χ1n) is 10.8. The number of amides is 1. The van der Waals surface area contributed by atoms with Crippen LogP contribution >= 0.6 is 0 Å². The standard InChI is InChI=1S/C26H26F3NO2/c1-25(2,3)18-8-4-15(5-9-18)17-12-21-24(22(31)13-17)20(14-23(32)30-21)16-6-10-19(11-7-16)26(27,28)29/h4-11,17,20H,12-14H2,1-3H3,(H,30,32). The lowest BCUT2D eigenvalue weighted by Crippen LogP contribution is -2.38. The fourth-order valence-electron chi connectivity index (χ4n) is 4.64. The predicted octanol–water partition coefficient (Wildman–Crippen LogP) is 6.01. The Morgan fingerprint density at radius 3 is 1.91 bits per heavy atom. The van der Waals surface area contributed by atoms with Gasteiger partial charge in [0.25, 0.3) is 0 Å². The smallest absolute Gasteiger partial charge is 0.329 e. The number of rotatable bonds is 2. The summed E-state index contributed by atoms with van der Waals surface area (Å²) in [6.07, 6.45) is -3.52. The van der Waals surface area contributed by atoms with E-state index in [9.17, 15) is 22.8 Å². The van der Waals surface area contributed by atoms with E-state index >= 15 is 0 Å². The van der Waals surface area contributed by atoms with Gasteiger partial charge in [0.15, 0.2) is 5.78 Å². The van der Waals surface area contributed by atoms with Crippen LogP contribution in [0.2, 0.25) is 0 Å². The second-order valence-electron chi connectivity index (χ2n) is 9.72. The Bertz CT molecular complexity index is 1070. The number of ketones is 1. The summed E-state index contributed by atoms with van der Waals surface area (Å²) in [4.78, 5) is 25.6. The average Bonchev–Trinajstić information content (AvgIpc) is 2.71. The van der Waals surface area contributed by atoms with Crippen molar-refractivity contribution in [3.8, 4) is 0 Å². The van der Waals surface area contributed by atoms with Crippen molar-refractivity contribution >= 4 is 11.7 Å². The van der Waals surface area contributed by atoms with Crippen molar-refractivity contribution in [3.05, 3.63) is 82.1 Å². The molecule has 0 fully saturated rings. The minimum atomic E-state index is -4.43. The number of benzene rings is 2. The lowest BCUT2D eigenvalue weighted by Gasteiger charge is -2.34. The maximum absolute atomic E-state index is 13.2. The van der Waals surface area contributed by atoms with Crippen molar-refractivity contribution in [2.75, 3.05) is 0 Å². The fourth-order valence-corrected chi connectivity index (χ4v) is 4.64. The van der Waals surface area contributed by atoms with Crippen molar-refractivity contribution in [1.82, 2.24) is 5.32 Å². The van der Waals surface area contributed by atoms with Gasteiger partial charge in [0.1, 0.15) is 0 Å². The molecular formula is C26H26F3NO2. The molecule has 0 bridgehead atoms. The molecule has 0 radical (unpaired) electrons. The molecule has 2 unspecified atom stereocenters. The number of hydrogen-bond donors (Lipinski definition) is 1. The second-order valence-corrected chi connectivity index (χ2v) is 9.72. The Labute approximate surface area is 185 Å². The molecule has 0 saturated carbocycles. The lowest BCUT2D eigenvalue weighted by molar-refractivity contribution is -0.137. The quantitative estimate of drug-likeness (QED) is 0.621. The van der Waals surface area contributed by atoms with Crippen LogP contribution in [-0.2, 0) is 21.2 Å². The zero-order valence-electron chi connectivity index (χ0n) is 18.3. The first kappa shape index (κ1) is 22.3. The van der Waals surface area contributed by atoms with Crippen LogP contribution < -0.4 is 5.32 Å². The Morgan fingerprint density at radius 2 is 1.34 bits per heavy atom. The summed E-state index contributed by atoms with van der Waals surface area (Å²) in [7, 11) is 0. The molecule has 1 aliphatic carbocycles. The molecule has 2 atom stereocenters. The van der Waals surface area contributed by atoms with Gasteiger partial charge < -0.3 is 5.32 Å². The molecule has 32 heavy (non-hydrogen) atoms. The van der Waals surface area contributed by atoms with Crippen LogP contribution in [-0.4, -0.2) is 11.7 Å². The first-order valence-corrected chi connectivity index (χ1v) is 10.8. The summed E-state index contributed by atoms with van der Waals surface area (Å²) < 4.78 is 38.8. The number of carbonyl (C=O) groups is 2. The number of halogens is 3. The third-order valence-electron chi connectivity index (χ3n) is 6.42. The number of allylic oxidation sites excluding steroid dienone is 2. The predicted molar refractivity (Wildman–Crippen MR) is 116 cm³/mol. The maximum Gasteiger partial charge on any atom is 0.416 e. The summed E-state index contributed by atoms with van der Waals surface area (Å²) in [5, 5.41) is 2.86. The van der Waals surface area contributed by atoms with Gasteiger partial charge in [-0.1, -0.05) is 57.2 Å². The molecule has 2 aliphatic rings. The largest absolute Gasteiger partial charge is 0.416 e. The second kappa shape index (κ2) is 7.91. The normalized spacial score (nSPS) is 21.9. The van der Waals surface area contributed by atoms with Gasteiger partial charge in [-0.15, -0.1) is 0 Å². The van der Waals surface area contributed by atoms with Gasteiger partial charge in [0, 0.05) is 30.0 Å². The monoisotopic (exact) mass is 441 g/mol. The van der Waals surface area contributed by atoms with Gasteiger partial charge >= 0.3 is 6.18 Å². The van der Waals surface area contributed by atoms with E-state index < -0.39 is 17.7 Å². The van der Waals surface area contributed by atoms with Gasteiger partial charge in [0.2, 0.25) is 5.91 Å². The summed E-state index contributed by atoms with van der Waals surface area (Å²) in [6, 6.07) is 13.0. The van der Waals surface area contributed by atoms with E-state index in [1.807, 2.05) is 12.1 Å². The van der Waals surface area contributed by atoms with E-state index in [0.717, 1.165) is 17.7 Å². The Hall–Kier alpha value is -2.89. The summed E-state index contributed by atoms with van der Waals surface area (Å²) in [5.74, 6) is -0.828. The number of carbonyl (C=O) groups excluding carboxylic acids is 2. The van der Waals surface area contributed by atoms with Gasteiger partial charge in [-0.05, 0) is 46.6 Å². The number of nitrogens with one attached hydrogen (secondary N) is 1. The zero-order chi connectivity index (χ0) is 23.3. The topological polar surface area (TPSA) is 46.2 Å². The van der Waals surface area contributed by atoms with Crippen LogP contribution in [0.4, 0.5) is 13.2 Å². The SMILES string of the molecule is CC(C)(C)c1ccc(C2CC(=O)C3=C(C2)NC(=O)CC3c2ccc(C(F)(F)F)cc2)cc1. The summed E-state index contributed by atoms with van der Waals surface area (Å²) in [6.45, 7) is 6.42. The minimum absolute atomic E-state index is 0.0306. The molecule has 0 aromatic heterocycles. The van der Waals surface area contributed by atoms with Crippen molar-refractivity contribution in [2.24, 2.45) is 0 Å². The summed E-state index contributed by atoms with van der Waals surface area (Å²) >= 11 is 0. The highest BCUT2D eigenvalue weighted by Crippen LogP contribution is 2.43. The van der Waals surface area contributed by atoms with Gasteiger partial charge in [-0.3, -0.25) is 9.59 Å². The molecule has 1 amide bonds. The third-order valence-corrected chi connectivity index (χ3v) is 6.42. The van der Waals surface area contributed by atoms with Gasteiger partial charge in [-0.25, -0.2) is 0 Å². The van der Waals surface area contributed by atoms with Gasteiger partial charge in [-0.2, -0.15) is 13.2 Å². The molecule has 168 valence electrons. The highest BCUT2D eigenvalue weighted by Gasteiger charge is 2.38. The van der Waals surface area contributed by atoms with E-state index in [4.69, 9.17) is 0 Å². The fraction of sp³-hybridized carbons (Fsp3) is 0.385. The summed E-state index contributed by atoms with van der Waals surface area (Å²) in [5.41, 5.74) is 3.23. The molecule has 0 spiro atoms. The highest BCUT2D eigenvalue weighted by molar-refractivity contribution is 6.02. The number of Topliss-reactive ketones (excluding diaryl/α,β-unsaturated/α-hetero) is 1. The number of hydrogen-bond acceptors (Lipinski definition) is 2. The van der Waals surface area contributed by atoms with E-state index in [0.29, 0.717) is 29.7 Å². The van der Waals surface area contributed by atoms with Crippen LogP contribution in [0.15, 0.2) is 59.8 Å². The van der Waals surface area contributed by atoms with Crippen molar-refractivity contribution < 1.29 is 22.8 Å². The molecule has 1 heterocycles. The van der Waals surface area contributed by atoms with Crippen molar-refractivity contribution in [2.45, 2.75) is 63.5 Å². The van der Waals surface area contributed by atoms with Crippen molar-refractivity contribution in [3.63, 3.8) is 0 Å². The molecule has 2 aromatic carbocycles. The third kappa shape index (κ3) is 4.36. The van der Waals surface area contributed by atoms with E-state index in [2.05, 4.69) is 38.2 Å². The van der Waals surface area contributed by atoms with Gasteiger partial charge in [0.05, 0.1) is 5.56 Å². The maximum atomic E-state index is 13.2. The van der Waals surface area contributed by atoms with E-state index in [1.54, 1.807) is 0 Å². The molecule has 0 saturated heterocycles. The van der Waals surface area contributed by atoms with Crippen LogP contribution in [0.25, 0.3) is 0 Å². The first-order chi connectivity index (χ1) is 14.9. The van der Waals surface area contributed by atoms with E-state index in [1.165, 1.54) is 17.7 Å². The zero-order valence-corrected chi connectivity index (χ0v) is 18.3. The van der Waals surface area contributed by atoms with Crippen molar-refractivity contribution in [1.29, 1.82) is 0 Å². The molecular weight excluding hydrogens is 415 g/mol. The molecule has 6 heteroatoms. The molecule has 3 nitrogen and oxygen atoms in total. The molecule has 1 N–H and O–H groups in total.